The lowest BCUT2D eigenvalue weighted by atomic mass is 9.89. The fourth-order valence-electron chi connectivity index (χ4n) is 3.78. The van der Waals surface area contributed by atoms with Crippen LogP contribution >= 0.6 is 0 Å². The Balaban J connectivity index is 1.50. The molecule has 2 amide bonds. The van der Waals surface area contributed by atoms with Gasteiger partial charge >= 0.3 is 0 Å². The summed E-state index contributed by atoms with van der Waals surface area (Å²) >= 11 is 0. The Labute approximate surface area is 190 Å². The number of anilines is 1. The molecular weight excluding hydrogens is 426 g/mol. The number of carbonyl (C=O) groups excluding carboxylic acids is 2. The average Bonchev–Trinajstić information content (AvgIpc) is 2.79. The summed E-state index contributed by atoms with van der Waals surface area (Å²) in [4.78, 5) is 24.5. The molecule has 0 aliphatic heterocycles. The molecule has 0 aromatic heterocycles. The summed E-state index contributed by atoms with van der Waals surface area (Å²) in [5.41, 5.74) is 2.92. The van der Waals surface area contributed by atoms with Gasteiger partial charge in [0.1, 0.15) is 0 Å². The molecule has 3 N–H and O–H groups in total. The number of hydrogen-bond acceptors (Lipinski definition) is 4. The van der Waals surface area contributed by atoms with E-state index in [0.29, 0.717) is 24.3 Å². The van der Waals surface area contributed by atoms with E-state index in [4.69, 9.17) is 0 Å². The summed E-state index contributed by atoms with van der Waals surface area (Å²) in [5.74, 6) is -0.167. The van der Waals surface area contributed by atoms with Crippen LogP contribution in [0.1, 0.15) is 53.6 Å². The second-order valence-corrected chi connectivity index (χ2v) is 9.99. The normalized spacial score (nSPS) is 14.6. The molecule has 0 radical (unpaired) electrons. The molecule has 2 aromatic carbocycles. The average molecular weight is 458 g/mol. The molecule has 1 saturated carbocycles. The molecule has 0 bridgehead atoms. The Morgan fingerprint density at radius 3 is 2.19 bits per heavy atom. The molecule has 8 heteroatoms. The largest absolute Gasteiger partial charge is 0.354 e. The second kappa shape index (κ2) is 10.6. The van der Waals surface area contributed by atoms with Crippen LogP contribution in [-0.4, -0.2) is 33.3 Å². The van der Waals surface area contributed by atoms with Crippen molar-refractivity contribution in [2.45, 2.75) is 50.8 Å². The Hall–Kier alpha value is -2.87. The minimum Gasteiger partial charge on any atom is -0.354 e. The highest BCUT2D eigenvalue weighted by Gasteiger charge is 2.20. The van der Waals surface area contributed by atoms with Gasteiger partial charge in [-0.3, -0.25) is 14.3 Å². The van der Waals surface area contributed by atoms with Crippen molar-refractivity contribution in [1.82, 2.24) is 10.6 Å². The molecule has 0 heterocycles. The molecule has 0 atom stereocenters. The fraction of sp³-hybridized carbons (Fsp3) is 0.417. The van der Waals surface area contributed by atoms with E-state index in [1.807, 2.05) is 19.9 Å². The van der Waals surface area contributed by atoms with E-state index in [9.17, 15) is 18.0 Å². The Morgan fingerprint density at radius 1 is 0.875 bits per heavy atom. The van der Waals surface area contributed by atoms with Gasteiger partial charge in [-0.25, -0.2) is 8.42 Å². The van der Waals surface area contributed by atoms with Crippen LogP contribution in [0.3, 0.4) is 0 Å². The molecule has 172 valence electrons. The molecule has 1 fully saturated rings. The summed E-state index contributed by atoms with van der Waals surface area (Å²) in [7, 11) is -3.76. The molecule has 0 saturated heterocycles. The fourth-order valence-corrected chi connectivity index (χ4v) is 4.83. The number of carbonyl (C=O) groups is 2. The van der Waals surface area contributed by atoms with Gasteiger partial charge in [0.2, 0.25) is 5.91 Å². The summed E-state index contributed by atoms with van der Waals surface area (Å²) in [6.07, 6.45) is 5.26. The standard InChI is InChI=1S/C24H31N3O4S/c1-17-8-11-21(16-18(17)2)27-32(30,31)22-12-9-20(10-13-22)24(29)26-15-14-25-23(28)19-6-4-3-5-7-19/h8-13,16,19,27H,3-7,14-15H2,1-2H3,(H,25,28)(H,26,29). The van der Waals surface area contributed by atoms with Crippen molar-refractivity contribution in [1.29, 1.82) is 0 Å². The van der Waals surface area contributed by atoms with Crippen LogP contribution in [0.25, 0.3) is 0 Å². The third-order valence-corrected chi connectivity index (χ3v) is 7.27. The summed E-state index contributed by atoms with van der Waals surface area (Å²) in [6.45, 7) is 4.56. The van der Waals surface area contributed by atoms with Crippen LogP contribution in [0.15, 0.2) is 47.4 Å². The van der Waals surface area contributed by atoms with Crippen LogP contribution < -0.4 is 15.4 Å². The monoisotopic (exact) mass is 457 g/mol. The van der Waals surface area contributed by atoms with Gasteiger partial charge in [-0.05, 0) is 74.2 Å². The first-order valence-electron chi connectivity index (χ1n) is 11.0. The zero-order valence-electron chi connectivity index (χ0n) is 18.6. The van der Waals surface area contributed by atoms with Crippen molar-refractivity contribution in [2.24, 2.45) is 5.92 Å². The topological polar surface area (TPSA) is 104 Å². The molecule has 1 aliphatic rings. The van der Waals surface area contributed by atoms with Gasteiger partial charge in [-0.15, -0.1) is 0 Å². The van der Waals surface area contributed by atoms with E-state index >= 15 is 0 Å². The van der Waals surface area contributed by atoms with Crippen molar-refractivity contribution in [3.05, 3.63) is 59.2 Å². The van der Waals surface area contributed by atoms with Gasteiger partial charge in [0.25, 0.3) is 15.9 Å². The van der Waals surface area contributed by atoms with Crippen LogP contribution in [0.2, 0.25) is 0 Å². The highest BCUT2D eigenvalue weighted by Crippen LogP contribution is 2.23. The summed E-state index contributed by atoms with van der Waals surface area (Å²) in [6, 6.07) is 11.1. The van der Waals surface area contributed by atoms with Crippen molar-refractivity contribution in [2.75, 3.05) is 17.8 Å². The number of nitrogens with one attached hydrogen (secondary N) is 3. The SMILES string of the molecule is Cc1ccc(NS(=O)(=O)c2ccc(C(=O)NCCNC(=O)C3CCCCC3)cc2)cc1C. The molecule has 1 aliphatic carbocycles. The molecule has 32 heavy (non-hydrogen) atoms. The van der Waals surface area contributed by atoms with Crippen molar-refractivity contribution >= 4 is 27.5 Å². The van der Waals surface area contributed by atoms with E-state index in [-0.39, 0.29) is 22.6 Å². The number of sulfonamides is 1. The van der Waals surface area contributed by atoms with Gasteiger partial charge < -0.3 is 10.6 Å². The Morgan fingerprint density at radius 2 is 1.53 bits per heavy atom. The van der Waals surface area contributed by atoms with E-state index < -0.39 is 10.0 Å². The highest BCUT2D eigenvalue weighted by atomic mass is 32.2. The highest BCUT2D eigenvalue weighted by molar-refractivity contribution is 7.92. The van der Waals surface area contributed by atoms with E-state index in [1.54, 1.807) is 12.1 Å². The zero-order chi connectivity index (χ0) is 23.1. The molecule has 2 aromatic rings. The zero-order valence-corrected chi connectivity index (χ0v) is 19.4. The van der Waals surface area contributed by atoms with E-state index in [2.05, 4.69) is 15.4 Å². The number of amides is 2. The van der Waals surface area contributed by atoms with Crippen molar-refractivity contribution in [3.8, 4) is 0 Å². The molecule has 7 nitrogen and oxygen atoms in total. The number of rotatable bonds is 8. The van der Waals surface area contributed by atoms with Gasteiger partial charge in [0.05, 0.1) is 4.90 Å². The van der Waals surface area contributed by atoms with Crippen LogP contribution in [-0.2, 0) is 14.8 Å². The van der Waals surface area contributed by atoms with E-state index in [0.717, 1.165) is 36.8 Å². The van der Waals surface area contributed by atoms with Crippen LogP contribution in [0.4, 0.5) is 5.69 Å². The third-order valence-electron chi connectivity index (χ3n) is 5.87. The lowest BCUT2D eigenvalue weighted by Crippen LogP contribution is -2.38. The number of aryl methyl sites for hydroxylation is 2. The Bertz CT molecular complexity index is 1060. The first-order valence-corrected chi connectivity index (χ1v) is 12.5. The van der Waals surface area contributed by atoms with Crippen LogP contribution in [0.5, 0.6) is 0 Å². The molecular formula is C24H31N3O4S. The van der Waals surface area contributed by atoms with Gasteiger partial charge in [0, 0.05) is 30.3 Å². The van der Waals surface area contributed by atoms with Crippen LogP contribution in [0, 0.1) is 19.8 Å². The van der Waals surface area contributed by atoms with Gasteiger partial charge in [0.15, 0.2) is 0 Å². The minimum atomic E-state index is -3.76. The number of benzene rings is 2. The van der Waals surface area contributed by atoms with Gasteiger partial charge in [-0.2, -0.15) is 0 Å². The summed E-state index contributed by atoms with van der Waals surface area (Å²) < 4.78 is 27.8. The minimum absolute atomic E-state index is 0.0600. The van der Waals surface area contributed by atoms with Gasteiger partial charge in [-0.1, -0.05) is 25.3 Å². The second-order valence-electron chi connectivity index (χ2n) is 8.31. The maximum Gasteiger partial charge on any atom is 0.261 e. The number of hydrogen-bond donors (Lipinski definition) is 3. The molecule has 0 spiro atoms. The quantitative estimate of drug-likeness (QED) is 0.528. The molecule has 0 unspecified atom stereocenters. The maximum absolute atomic E-state index is 12.6. The van der Waals surface area contributed by atoms with Crippen molar-refractivity contribution < 1.29 is 18.0 Å². The lowest BCUT2D eigenvalue weighted by molar-refractivity contribution is -0.125. The lowest BCUT2D eigenvalue weighted by Gasteiger charge is -2.20. The smallest absolute Gasteiger partial charge is 0.261 e. The summed E-state index contributed by atoms with van der Waals surface area (Å²) in [5, 5.41) is 5.63. The predicted octanol–water partition coefficient (Wildman–Crippen LogP) is 3.53. The third kappa shape index (κ3) is 6.32. The predicted molar refractivity (Wildman–Crippen MR) is 125 cm³/mol. The molecule has 3 rings (SSSR count). The Kier molecular flexibility index (Phi) is 7.90. The maximum atomic E-state index is 12.6. The van der Waals surface area contributed by atoms with E-state index in [1.165, 1.54) is 30.7 Å². The first-order chi connectivity index (χ1) is 15.3. The first kappa shape index (κ1) is 23.8. The van der Waals surface area contributed by atoms with Crippen molar-refractivity contribution in [3.63, 3.8) is 0 Å².